The molecule has 1 atom stereocenters. The highest BCUT2D eigenvalue weighted by Gasteiger charge is 2.14. The molecule has 5 nitrogen and oxygen atoms in total. The van der Waals surface area contributed by atoms with Crippen LogP contribution in [0.15, 0.2) is 30.3 Å². The second-order valence-electron chi connectivity index (χ2n) is 3.59. The maximum atomic E-state index is 11.5. The Kier molecular flexibility index (Phi) is 7.74. The third-order valence-corrected chi connectivity index (χ3v) is 2.27. The van der Waals surface area contributed by atoms with Crippen LogP contribution in [0, 0.1) is 0 Å². The zero-order valence-corrected chi connectivity index (χ0v) is 10.9. The van der Waals surface area contributed by atoms with Gasteiger partial charge in [0.1, 0.15) is 6.54 Å². The molecule has 0 bridgehead atoms. The molecule has 100 valence electrons. The lowest BCUT2D eigenvalue weighted by atomic mass is 10.1. The average Bonchev–Trinajstić information content (AvgIpc) is 2.36. The molecule has 18 heavy (non-hydrogen) atoms. The van der Waals surface area contributed by atoms with Crippen molar-refractivity contribution in [2.75, 3.05) is 13.7 Å². The number of benzene rings is 1. The maximum absolute atomic E-state index is 11.5. The molecule has 0 saturated carbocycles. The molecule has 0 heterocycles. The summed E-state index contributed by atoms with van der Waals surface area (Å²) >= 11 is 0. The van der Waals surface area contributed by atoms with Gasteiger partial charge in [0.15, 0.2) is 0 Å². The number of ether oxygens (including phenoxy) is 1. The number of rotatable bonds is 5. The lowest BCUT2D eigenvalue weighted by Crippen LogP contribution is -2.44. The first-order valence-electron chi connectivity index (χ1n) is 5.27. The molecular weight excluding hydrogens is 256 g/mol. The number of nitrogens with one attached hydrogen (secondary N) is 1. The molecule has 1 amide bonds. The van der Waals surface area contributed by atoms with E-state index in [-0.39, 0.29) is 24.9 Å². The Bertz CT molecular complexity index is 384. The summed E-state index contributed by atoms with van der Waals surface area (Å²) in [6.45, 7) is -0.155. The molecule has 0 aliphatic carbocycles. The Morgan fingerprint density at radius 3 is 2.50 bits per heavy atom. The fraction of sp³-hybridized carbons (Fsp3) is 0.333. The fourth-order valence-electron chi connectivity index (χ4n) is 1.32. The van der Waals surface area contributed by atoms with Crippen molar-refractivity contribution in [1.29, 1.82) is 0 Å². The molecular formula is C12H17ClN2O3. The van der Waals surface area contributed by atoms with Gasteiger partial charge in [0, 0.05) is 0 Å². The van der Waals surface area contributed by atoms with E-state index in [1.54, 1.807) is 0 Å². The predicted octanol–water partition coefficient (Wildman–Crippen LogP) is 0.267. The number of hydrogen-bond donors (Lipinski definition) is 2. The third-order valence-electron chi connectivity index (χ3n) is 2.27. The van der Waals surface area contributed by atoms with Crippen LogP contribution in [-0.2, 0) is 20.7 Å². The minimum Gasteiger partial charge on any atom is -0.468 e. The van der Waals surface area contributed by atoms with Gasteiger partial charge in [-0.3, -0.25) is 9.59 Å². The van der Waals surface area contributed by atoms with E-state index in [0.717, 1.165) is 5.56 Å². The van der Waals surface area contributed by atoms with Crippen molar-refractivity contribution in [2.45, 2.75) is 12.5 Å². The summed E-state index contributed by atoms with van der Waals surface area (Å²) in [5.41, 5.74) is 6.69. The minimum absolute atomic E-state index is 0. The number of carbonyl (C=O) groups excluding carboxylic acids is 2. The van der Waals surface area contributed by atoms with Crippen LogP contribution in [0.3, 0.4) is 0 Å². The van der Waals surface area contributed by atoms with E-state index in [4.69, 9.17) is 5.73 Å². The zero-order chi connectivity index (χ0) is 12.7. The lowest BCUT2D eigenvalue weighted by Gasteiger charge is -2.11. The fourth-order valence-corrected chi connectivity index (χ4v) is 1.32. The molecule has 6 heteroatoms. The Labute approximate surface area is 112 Å². The van der Waals surface area contributed by atoms with Crippen LogP contribution in [0.1, 0.15) is 5.56 Å². The molecule has 0 radical (unpaired) electrons. The van der Waals surface area contributed by atoms with E-state index in [1.165, 1.54) is 7.11 Å². The van der Waals surface area contributed by atoms with Gasteiger partial charge in [-0.2, -0.15) is 0 Å². The van der Waals surface area contributed by atoms with Gasteiger partial charge >= 0.3 is 5.97 Å². The SMILES string of the molecule is COC(=O)CNC(=O)C(N)Cc1ccccc1.Cl. The van der Waals surface area contributed by atoms with Crippen LogP contribution < -0.4 is 11.1 Å². The summed E-state index contributed by atoms with van der Waals surface area (Å²) in [6, 6.07) is 8.79. The van der Waals surface area contributed by atoms with Gasteiger partial charge in [0.05, 0.1) is 13.2 Å². The number of carbonyl (C=O) groups is 2. The first-order valence-corrected chi connectivity index (χ1v) is 5.27. The standard InChI is InChI=1S/C12H16N2O3.ClH/c1-17-11(15)8-14-12(16)10(13)7-9-5-3-2-4-6-9;/h2-6,10H,7-8,13H2,1H3,(H,14,16);1H. The van der Waals surface area contributed by atoms with E-state index in [1.807, 2.05) is 30.3 Å². The Morgan fingerprint density at radius 1 is 1.33 bits per heavy atom. The highest BCUT2D eigenvalue weighted by Crippen LogP contribution is 2.01. The average molecular weight is 273 g/mol. The summed E-state index contributed by atoms with van der Waals surface area (Å²) in [5, 5.41) is 2.41. The highest BCUT2D eigenvalue weighted by molar-refractivity contribution is 5.85. The quantitative estimate of drug-likeness (QED) is 0.754. The Morgan fingerprint density at radius 2 is 1.94 bits per heavy atom. The van der Waals surface area contributed by atoms with Gasteiger partial charge in [-0.1, -0.05) is 30.3 Å². The number of nitrogens with two attached hydrogens (primary N) is 1. The third kappa shape index (κ3) is 5.65. The van der Waals surface area contributed by atoms with E-state index in [9.17, 15) is 9.59 Å². The molecule has 0 aliphatic heterocycles. The molecule has 0 saturated heterocycles. The Balaban J connectivity index is 0.00000289. The zero-order valence-electron chi connectivity index (χ0n) is 10.1. The van der Waals surface area contributed by atoms with Gasteiger partial charge in [-0.05, 0) is 12.0 Å². The molecule has 3 N–H and O–H groups in total. The van der Waals surface area contributed by atoms with Crippen LogP contribution in [-0.4, -0.2) is 31.6 Å². The lowest BCUT2D eigenvalue weighted by molar-refractivity contribution is -0.141. The molecule has 0 aromatic heterocycles. The van der Waals surface area contributed by atoms with Gasteiger partial charge in [-0.15, -0.1) is 12.4 Å². The highest BCUT2D eigenvalue weighted by atomic mass is 35.5. The summed E-state index contributed by atoms with van der Waals surface area (Å²) in [7, 11) is 1.26. The predicted molar refractivity (Wildman–Crippen MR) is 70.4 cm³/mol. The van der Waals surface area contributed by atoms with Crippen molar-refractivity contribution in [3.63, 3.8) is 0 Å². The van der Waals surface area contributed by atoms with Crippen molar-refractivity contribution in [1.82, 2.24) is 5.32 Å². The van der Waals surface area contributed by atoms with E-state index in [2.05, 4.69) is 10.1 Å². The molecule has 1 rings (SSSR count). The summed E-state index contributed by atoms with van der Waals surface area (Å²) in [4.78, 5) is 22.3. The van der Waals surface area contributed by atoms with Gasteiger partial charge < -0.3 is 15.8 Å². The summed E-state index contributed by atoms with van der Waals surface area (Å²) in [5.74, 6) is -0.857. The first kappa shape index (κ1) is 16.4. The molecule has 0 spiro atoms. The molecule has 1 aromatic rings. The van der Waals surface area contributed by atoms with Crippen LogP contribution in [0.2, 0.25) is 0 Å². The van der Waals surface area contributed by atoms with Crippen LogP contribution in [0.5, 0.6) is 0 Å². The van der Waals surface area contributed by atoms with E-state index < -0.39 is 12.0 Å². The first-order chi connectivity index (χ1) is 8.13. The molecule has 0 fully saturated rings. The van der Waals surface area contributed by atoms with E-state index in [0.29, 0.717) is 6.42 Å². The summed E-state index contributed by atoms with van der Waals surface area (Å²) < 4.78 is 4.40. The van der Waals surface area contributed by atoms with Crippen molar-refractivity contribution < 1.29 is 14.3 Å². The number of methoxy groups -OCH3 is 1. The Hall–Kier alpha value is -1.59. The number of halogens is 1. The maximum Gasteiger partial charge on any atom is 0.325 e. The molecule has 0 aliphatic rings. The van der Waals surface area contributed by atoms with Crippen molar-refractivity contribution in [2.24, 2.45) is 5.73 Å². The molecule has 1 unspecified atom stereocenters. The van der Waals surface area contributed by atoms with E-state index >= 15 is 0 Å². The second-order valence-corrected chi connectivity index (χ2v) is 3.59. The smallest absolute Gasteiger partial charge is 0.325 e. The van der Waals surface area contributed by atoms with Crippen LogP contribution in [0.4, 0.5) is 0 Å². The van der Waals surface area contributed by atoms with Crippen LogP contribution >= 0.6 is 12.4 Å². The number of esters is 1. The van der Waals surface area contributed by atoms with Gasteiger partial charge in [0.2, 0.25) is 5.91 Å². The van der Waals surface area contributed by atoms with Crippen molar-refractivity contribution in [3.8, 4) is 0 Å². The minimum atomic E-state index is -0.665. The monoisotopic (exact) mass is 272 g/mol. The normalized spacial score (nSPS) is 11.0. The second kappa shape index (κ2) is 8.49. The van der Waals surface area contributed by atoms with Crippen molar-refractivity contribution >= 4 is 24.3 Å². The van der Waals surface area contributed by atoms with Gasteiger partial charge in [0.25, 0.3) is 0 Å². The topological polar surface area (TPSA) is 81.4 Å². The van der Waals surface area contributed by atoms with Gasteiger partial charge in [-0.25, -0.2) is 0 Å². The van der Waals surface area contributed by atoms with Crippen molar-refractivity contribution in [3.05, 3.63) is 35.9 Å². The van der Waals surface area contributed by atoms with Crippen LogP contribution in [0.25, 0.3) is 0 Å². The number of hydrogen-bond acceptors (Lipinski definition) is 4. The molecule has 1 aromatic carbocycles. The largest absolute Gasteiger partial charge is 0.468 e. The summed E-state index contributed by atoms with van der Waals surface area (Å²) in [6.07, 6.45) is 0.438. The number of amides is 1.